The molecule has 1 amide bonds. The van der Waals surface area contributed by atoms with Gasteiger partial charge in [-0.15, -0.1) is 10.2 Å². The van der Waals surface area contributed by atoms with Gasteiger partial charge in [-0.1, -0.05) is 56.0 Å². The van der Waals surface area contributed by atoms with Crippen molar-refractivity contribution in [2.45, 2.75) is 30.5 Å². The van der Waals surface area contributed by atoms with Gasteiger partial charge >= 0.3 is 0 Å². The quantitative estimate of drug-likeness (QED) is 0.331. The van der Waals surface area contributed by atoms with Crippen LogP contribution in [0.15, 0.2) is 52.9 Å². The van der Waals surface area contributed by atoms with Crippen molar-refractivity contribution < 1.29 is 14.0 Å². The van der Waals surface area contributed by atoms with E-state index in [0.717, 1.165) is 5.56 Å². The molecule has 0 atom stereocenters. The molecule has 3 rings (SSSR count). The Labute approximate surface area is 176 Å². The molecule has 29 heavy (non-hydrogen) atoms. The van der Waals surface area contributed by atoms with E-state index in [1.165, 1.54) is 47.4 Å². The average molecular weight is 430 g/mol. The summed E-state index contributed by atoms with van der Waals surface area (Å²) in [5, 5.41) is 11.0. The van der Waals surface area contributed by atoms with Crippen molar-refractivity contribution in [3.63, 3.8) is 0 Å². The minimum atomic E-state index is -0.383. The number of nitrogens with zero attached hydrogens (tertiary/aromatic N) is 2. The Balaban J connectivity index is 1.56. The lowest BCUT2D eigenvalue weighted by molar-refractivity contribution is 0.101. The highest BCUT2D eigenvalue weighted by atomic mass is 32.2. The summed E-state index contributed by atoms with van der Waals surface area (Å²) >= 11 is 2.43. The fourth-order valence-electron chi connectivity index (χ4n) is 2.46. The Morgan fingerprint density at radius 1 is 1.00 bits per heavy atom. The first-order valence-corrected chi connectivity index (χ1v) is 10.7. The molecule has 1 aromatic heterocycles. The Hall–Kier alpha value is -2.58. The van der Waals surface area contributed by atoms with E-state index in [4.69, 9.17) is 0 Å². The molecule has 0 aliphatic rings. The number of ketones is 1. The fourth-order valence-corrected chi connectivity index (χ4v) is 4.10. The van der Waals surface area contributed by atoms with Crippen LogP contribution in [0.1, 0.15) is 47.1 Å². The molecule has 0 saturated carbocycles. The zero-order chi connectivity index (χ0) is 21.0. The van der Waals surface area contributed by atoms with Crippen molar-refractivity contribution in [2.24, 2.45) is 0 Å². The summed E-state index contributed by atoms with van der Waals surface area (Å²) in [6.07, 6.45) is 0. The Kier molecular flexibility index (Phi) is 6.44. The van der Waals surface area contributed by atoms with Crippen LogP contribution in [-0.2, 0) is 5.41 Å². The molecule has 150 valence electrons. The number of anilines is 1. The van der Waals surface area contributed by atoms with Crippen molar-refractivity contribution in [2.75, 3.05) is 11.1 Å². The van der Waals surface area contributed by atoms with E-state index in [0.29, 0.717) is 20.6 Å². The van der Waals surface area contributed by atoms with Gasteiger partial charge in [0.1, 0.15) is 5.82 Å². The molecule has 2 aromatic carbocycles. The maximum atomic E-state index is 12.9. The van der Waals surface area contributed by atoms with Crippen molar-refractivity contribution >= 4 is 39.9 Å². The summed E-state index contributed by atoms with van der Waals surface area (Å²) in [5.41, 5.74) is 2.14. The molecule has 0 spiro atoms. The fraction of sp³-hybridized carbons (Fsp3) is 0.238. The van der Waals surface area contributed by atoms with Crippen LogP contribution in [-0.4, -0.2) is 27.6 Å². The van der Waals surface area contributed by atoms with Crippen LogP contribution in [0, 0.1) is 5.82 Å². The average Bonchev–Trinajstić information content (AvgIpc) is 3.13. The van der Waals surface area contributed by atoms with Crippen molar-refractivity contribution in [3.05, 3.63) is 71.0 Å². The monoisotopic (exact) mass is 429 g/mol. The molecule has 0 fully saturated rings. The van der Waals surface area contributed by atoms with Gasteiger partial charge < -0.3 is 0 Å². The number of aromatic nitrogens is 2. The first-order valence-electron chi connectivity index (χ1n) is 8.89. The number of halogens is 1. The van der Waals surface area contributed by atoms with E-state index >= 15 is 0 Å². The standard InChI is InChI=1S/C21H20FN3O2S2/c1-21(2,3)15-8-4-14(5-9-15)18(27)23-19-24-25-20(29-19)28-12-17(26)13-6-10-16(22)11-7-13/h4-11H,12H2,1-3H3,(H,23,24,27). The lowest BCUT2D eigenvalue weighted by Crippen LogP contribution is -2.14. The predicted molar refractivity (Wildman–Crippen MR) is 114 cm³/mol. The summed E-state index contributed by atoms with van der Waals surface area (Å²) in [6, 6.07) is 12.9. The SMILES string of the molecule is CC(C)(C)c1ccc(C(=O)Nc2nnc(SCC(=O)c3ccc(F)cc3)s2)cc1. The number of amides is 1. The number of Topliss-reactive ketones (excluding diaryl/α,β-unsaturated/α-hetero) is 1. The number of thioether (sulfide) groups is 1. The van der Waals surface area contributed by atoms with Crippen LogP contribution < -0.4 is 5.32 Å². The lowest BCUT2D eigenvalue weighted by atomic mass is 9.87. The highest BCUT2D eigenvalue weighted by Crippen LogP contribution is 2.27. The summed E-state index contributed by atoms with van der Waals surface area (Å²) in [6.45, 7) is 6.34. The van der Waals surface area contributed by atoms with E-state index in [1.807, 2.05) is 12.1 Å². The second-order valence-corrected chi connectivity index (χ2v) is 9.57. The predicted octanol–water partition coefficient (Wildman–Crippen LogP) is 5.20. The highest BCUT2D eigenvalue weighted by molar-refractivity contribution is 8.01. The molecule has 0 aliphatic carbocycles. The van der Waals surface area contributed by atoms with Crippen LogP contribution >= 0.6 is 23.1 Å². The summed E-state index contributed by atoms with van der Waals surface area (Å²) in [4.78, 5) is 24.5. The number of benzene rings is 2. The van der Waals surface area contributed by atoms with Gasteiger partial charge in [0.25, 0.3) is 5.91 Å². The Bertz CT molecular complexity index is 1010. The summed E-state index contributed by atoms with van der Waals surface area (Å²) in [7, 11) is 0. The third kappa shape index (κ3) is 5.71. The van der Waals surface area contributed by atoms with Crippen molar-refractivity contribution in [1.29, 1.82) is 0 Å². The maximum absolute atomic E-state index is 12.9. The van der Waals surface area contributed by atoms with Gasteiger partial charge in [-0.25, -0.2) is 4.39 Å². The van der Waals surface area contributed by atoms with Gasteiger partial charge in [0, 0.05) is 11.1 Å². The van der Waals surface area contributed by atoms with E-state index in [1.54, 1.807) is 12.1 Å². The first-order chi connectivity index (χ1) is 13.7. The van der Waals surface area contributed by atoms with Crippen molar-refractivity contribution in [3.8, 4) is 0 Å². The van der Waals surface area contributed by atoms with Crippen LogP contribution in [0.25, 0.3) is 0 Å². The number of carbonyl (C=O) groups excluding carboxylic acids is 2. The molecule has 5 nitrogen and oxygen atoms in total. The minimum absolute atomic E-state index is 0.0195. The van der Waals surface area contributed by atoms with E-state index in [2.05, 4.69) is 36.3 Å². The molecule has 0 radical (unpaired) electrons. The molecule has 1 N–H and O–H groups in total. The van der Waals surface area contributed by atoms with E-state index in [-0.39, 0.29) is 28.7 Å². The van der Waals surface area contributed by atoms with E-state index in [9.17, 15) is 14.0 Å². The molecule has 3 aromatic rings. The number of hydrogen-bond donors (Lipinski definition) is 1. The van der Waals surface area contributed by atoms with Gasteiger partial charge in [0.2, 0.25) is 5.13 Å². The second-order valence-electron chi connectivity index (χ2n) is 7.37. The van der Waals surface area contributed by atoms with Crippen LogP contribution in [0.2, 0.25) is 0 Å². The zero-order valence-electron chi connectivity index (χ0n) is 16.2. The van der Waals surface area contributed by atoms with Gasteiger partial charge in [-0.05, 0) is 47.4 Å². The molecular weight excluding hydrogens is 409 g/mol. The lowest BCUT2D eigenvalue weighted by Gasteiger charge is -2.18. The molecule has 0 aliphatic heterocycles. The van der Waals surface area contributed by atoms with Crippen LogP contribution in [0.4, 0.5) is 9.52 Å². The van der Waals surface area contributed by atoms with E-state index < -0.39 is 0 Å². The third-order valence-electron chi connectivity index (χ3n) is 4.13. The number of hydrogen-bond acceptors (Lipinski definition) is 6. The van der Waals surface area contributed by atoms with Crippen molar-refractivity contribution in [1.82, 2.24) is 10.2 Å². The van der Waals surface area contributed by atoms with Gasteiger partial charge in [-0.3, -0.25) is 14.9 Å². The number of rotatable bonds is 6. The van der Waals surface area contributed by atoms with Gasteiger partial charge in [-0.2, -0.15) is 0 Å². The number of nitrogens with one attached hydrogen (secondary N) is 1. The van der Waals surface area contributed by atoms with Crippen LogP contribution in [0.5, 0.6) is 0 Å². The molecule has 8 heteroatoms. The Morgan fingerprint density at radius 2 is 1.62 bits per heavy atom. The van der Waals surface area contributed by atoms with Gasteiger partial charge in [0.15, 0.2) is 10.1 Å². The molecule has 0 saturated heterocycles. The van der Waals surface area contributed by atoms with Gasteiger partial charge in [0.05, 0.1) is 5.75 Å². The maximum Gasteiger partial charge on any atom is 0.257 e. The Morgan fingerprint density at radius 3 is 2.24 bits per heavy atom. The normalized spacial score (nSPS) is 11.3. The van der Waals surface area contributed by atoms with Crippen LogP contribution in [0.3, 0.4) is 0 Å². The highest BCUT2D eigenvalue weighted by Gasteiger charge is 2.16. The first kappa shape index (κ1) is 21.1. The topological polar surface area (TPSA) is 72.0 Å². The molecular formula is C21H20FN3O2S2. The minimum Gasteiger partial charge on any atom is -0.296 e. The summed E-state index contributed by atoms with van der Waals surface area (Å²) in [5.74, 6) is -0.621. The molecule has 0 unspecified atom stereocenters. The smallest absolute Gasteiger partial charge is 0.257 e. The zero-order valence-corrected chi connectivity index (χ0v) is 17.9. The third-order valence-corrected chi connectivity index (χ3v) is 6.10. The summed E-state index contributed by atoms with van der Waals surface area (Å²) < 4.78 is 13.5. The molecule has 0 bridgehead atoms. The second kappa shape index (κ2) is 8.84. The number of carbonyl (C=O) groups is 2. The largest absolute Gasteiger partial charge is 0.296 e. The molecule has 1 heterocycles.